The number of anilines is 1. The molecule has 1 aliphatic heterocycles. The summed E-state index contributed by atoms with van der Waals surface area (Å²) in [6.07, 6.45) is 1.79. The molecule has 3 aromatic rings. The van der Waals surface area contributed by atoms with Gasteiger partial charge in [0.1, 0.15) is 0 Å². The van der Waals surface area contributed by atoms with E-state index in [4.69, 9.17) is 21.3 Å². The maximum atomic E-state index is 13.3. The number of fused-ring (bicyclic) bond motifs is 3. The van der Waals surface area contributed by atoms with E-state index < -0.39 is 6.23 Å². The van der Waals surface area contributed by atoms with E-state index in [9.17, 15) is 4.79 Å². The van der Waals surface area contributed by atoms with Gasteiger partial charge in [-0.2, -0.15) is 4.98 Å². The van der Waals surface area contributed by atoms with Gasteiger partial charge in [0.25, 0.3) is 0 Å². The molecule has 2 heterocycles. The Labute approximate surface area is 203 Å². The summed E-state index contributed by atoms with van der Waals surface area (Å²) < 4.78 is 6.50. The van der Waals surface area contributed by atoms with Crippen LogP contribution in [0.15, 0.2) is 41.6 Å². The Hall–Kier alpha value is -2.64. The molecule has 0 N–H and O–H groups in total. The lowest BCUT2D eigenvalue weighted by molar-refractivity contribution is -0.120. The Morgan fingerprint density at radius 1 is 1.15 bits per heavy atom. The number of rotatable bonds is 6. The number of benzene rings is 2. The largest absolute Gasteiger partial charge is 0.447 e. The molecule has 1 aromatic heterocycles. The molecular formula is C25H27ClN4O2S. The number of amides is 1. The molecule has 0 aliphatic carbocycles. The van der Waals surface area contributed by atoms with Gasteiger partial charge in [-0.05, 0) is 44.0 Å². The van der Waals surface area contributed by atoms with Crippen LogP contribution >= 0.6 is 23.4 Å². The number of ether oxygens (including phenoxy) is 1. The third kappa shape index (κ3) is 4.84. The predicted molar refractivity (Wildman–Crippen MR) is 133 cm³/mol. The summed E-state index contributed by atoms with van der Waals surface area (Å²) in [5.41, 5.74) is 4.91. The van der Waals surface area contributed by atoms with Gasteiger partial charge in [0.15, 0.2) is 5.69 Å². The molecule has 0 fully saturated rings. The first-order chi connectivity index (χ1) is 15.9. The Kier molecular flexibility index (Phi) is 7.20. The van der Waals surface area contributed by atoms with E-state index >= 15 is 0 Å². The maximum Gasteiger partial charge on any atom is 0.247 e. The van der Waals surface area contributed by atoms with Gasteiger partial charge >= 0.3 is 0 Å². The van der Waals surface area contributed by atoms with Gasteiger partial charge in [-0.15, -0.1) is 10.2 Å². The van der Waals surface area contributed by atoms with Crippen LogP contribution in [0.3, 0.4) is 0 Å². The molecule has 33 heavy (non-hydrogen) atoms. The number of aryl methyl sites for hydroxylation is 2. The van der Waals surface area contributed by atoms with Gasteiger partial charge < -0.3 is 4.74 Å². The molecule has 1 atom stereocenters. The number of carbonyl (C=O) groups is 1. The summed E-state index contributed by atoms with van der Waals surface area (Å²) in [7, 11) is 0. The van der Waals surface area contributed by atoms with Crippen LogP contribution in [0.2, 0.25) is 5.02 Å². The number of unbranched alkanes of at least 4 members (excludes halogenated alkanes) is 1. The highest BCUT2D eigenvalue weighted by atomic mass is 35.5. The Bertz CT molecular complexity index is 1190. The zero-order valence-corrected chi connectivity index (χ0v) is 20.8. The minimum Gasteiger partial charge on any atom is -0.447 e. The number of hydrogen-bond donors (Lipinski definition) is 0. The highest BCUT2D eigenvalue weighted by molar-refractivity contribution is 7.99. The predicted octanol–water partition coefficient (Wildman–Crippen LogP) is 6.54. The van der Waals surface area contributed by atoms with E-state index in [0.29, 0.717) is 39.4 Å². The third-order valence-corrected chi connectivity index (χ3v) is 6.72. The number of nitrogens with zero attached hydrogens (tertiary/aromatic N) is 4. The van der Waals surface area contributed by atoms with Crippen LogP contribution in [0.1, 0.15) is 56.0 Å². The Morgan fingerprint density at radius 2 is 1.97 bits per heavy atom. The zero-order chi connectivity index (χ0) is 23.5. The quantitative estimate of drug-likeness (QED) is 0.293. The molecule has 0 saturated carbocycles. The van der Waals surface area contributed by atoms with Crippen LogP contribution in [-0.4, -0.2) is 26.8 Å². The molecule has 8 heteroatoms. The minimum atomic E-state index is -0.690. The van der Waals surface area contributed by atoms with Crippen molar-refractivity contribution in [3.63, 3.8) is 0 Å². The fourth-order valence-electron chi connectivity index (χ4n) is 3.85. The fourth-order valence-corrected chi connectivity index (χ4v) is 4.89. The van der Waals surface area contributed by atoms with Crippen LogP contribution in [-0.2, 0) is 4.79 Å². The van der Waals surface area contributed by atoms with E-state index in [-0.39, 0.29) is 5.91 Å². The molecule has 0 saturated heterocycles. The van der Waals surface area contributed by atoms with Gasteiger partial charge in [0.05, 0.1) is 5.69 Å². The Balaban J connectivity index is 1.91. The van der Waals surface area contributed by atoms with Gasteiger partial charge in [0, 0.05) is 28.3 Å². The molecule has 0 unspecified atom stereocenters. The number of carbonyl (C=O) groups excluding carboxylic acids is 1. The van der Waals surface area contributed by atoms with Crippen molar-refractivity contribution in [1.82, 2.24) is 15.2 Å². The molecule has 172 valence electrons. The van der Waals surface area contributed by atoms with Crippen LogP contribution in [0.4, 0.5) is 5.69 Å². The average Bonchev–Trinajstić information content (AvgIpc) is 2.93. The van der Waals surface area contributed by atoms with Crippen molar-refractivity contribution in [2.45, 2.75) is 58.3 Å². The number of thioether (sulfide) groups is 1. The second kappa shape index (κ2) is 10.1. The lowest BCUT2D eigenvalue weighted by Crippen LogP contribution is -2.37. The molecule has 0 spiro atoms. The standard InChI is InChI=1S/C25H27ClN4O2S/c1-5-7-12-33-25-27-23-22(28-29-25)19-14-17(26)9-11-20(19)30(21(31)6-2)24(32-23)18-10-8-15(3)13-16(18)4/h8-11,13-14,24H,5-7,12H2,1-4H3/t24-/m0/s1. The molecular weight excluding hydrogens is 456 g/mol. The molecule has 1 amide bonds. The molecule has 0 bridgehead atoms. The van der Waals surface area contributed by atoms with E-state index in [0.717, 1.165) is 35.3 Å². The molecule has 6 nitrogen and oxygen atoms in total. The summed E-state index contributed by atoms with van der Waals surface area (Å²) in [6.45, 7) is 8.06. The van der Waals surface area contributed by atoms with Gasteiger partial charge in [0.2, 0.25) is 23.2 Å². The van der Waals surface area contributed by atoms with E-state index in [2.05, 4.69) is 23.2 Å². The van der Waals surface area contributed by atoms with E-state index in [1.807, 2.05) is 39.0 Å². The van der Waals surface area contributed by atoms with Crippen molar-refractivity contribution in [3.05, 3.63) is 58.1 Å². The highest BCUT2D eigenvalue weighted by Gasteiger charge is 2.36. The maximum absolute atomic E-state index is 13.3. The second-order valence-electron chi connectivity index (χ2n) is 8.06. The summed E-state index contributed by atoms with van der Waals surface area (Å²) in [5.74, 6) is 1.19. The molecule has 4 rings (SSSR count). The number of halogens is 1. The number of hydrogen-bond acceptors (Lipinski definition) is 6. The summed E-state index contributed by atoms with van der Waals surface area (Å²) in [4.78, 5) is 19.7. The summed E-state index contributed by atoms with van der Waals surface area (Å²) in [5, 5.41) is 9.89. The summed E-state index contributed by atoms with van der Waals surface area (Å²) >= 11 is 7.90. The van der Waals surface area contributed by atoms with E-state index in [1.54, 1.807) is 28.8 Å². The average molecular weight is 483 g/mol. The van der Waals surface area contributed by atoms with E-state index in [1.165, 1.54) is 0 Å². The smallest absolute Gasteiger partial charge is 0.247 e. The molecule has 2 aromatic carbocycles. The second-order valence-corrected chi connectivity index (χ2v) is 9.56. The lowest BCUT2D eigenvalue weighted by Gasteiger charge is -2.31. The summed E-state index contributed by atoms with van der Waals surface area (Å²) in [6, 6.07) is 11.5. The van der Waals surface area contributed by atoms with Crippen molar-refractivity contribution in [3.8, 4) is 17.1 Å². The van der Waals surface area contributed by atoms with Gasteiger partial charge in [-0.25, -0.2) is 0 Å². The first-order valence-electron chi connectivity index (χ1n) is 11.2. The van der Waals surface area contributed by atoms with Crippen molar-refractivity contribution >= 4 is 35.0 Å². The number of aromatic nitrogens is 3. The van der Waals surface area contributed by atoms with Crippen LogP contribution in [0.25, 0.3) is 11.3 Å². The zero-order valence-electron chi connectivity index (χ0n) is 19.3. The molecule has 1 aliphatic rings. The van der Waals surface area contributed by atoms with Crippen LogP contribution in [0.5, 0.6) is 5.88 Å². The van der Waals surface area contributed by atoms with Crippen molar-refractivity contribution in [2.24, 2.45) is 0 Å². The van der Waals surface area contributed by atoms with Gasteiger partial charge in [-0.3, -0.25) is 9.69 Å². The lowest BCUT2D eigenvalue weighted by atomic mass is 10.0. The first-order valence-corrected chi connectivity index (χ1v) is 12.5. The van der Waals surface area contributed by atoms with Crippen molar-refractivity contribution in [2.75, 3.05) is 10.7 Å². The third-order valence-electron chi connectivity index (χ3n) is 5.56. The normalized spacial score (nSPS) is 14.8. The highest BCUT2D eigenvalue weighted by Crippen LogP contribution is 2.45. The van der Waals surface area contributed by atoms with Crippen molar-refractivity contribution < 1.29 is 9.53 Å². The first kappa shape index (κ1) is 23.5. The Morgan fingerprint density at radius 3 is 2.70 bits per heavy atom. The molecule has 0 radical (unpaired) electrons. The van der Waals surface area contributed by atoms with Crippen LogP contribution < -0.4 is 9.64 Å². The monoisotopic (exact) mass is 482 g/mol. The van der Waals surface area contributed by atoms with Crippen molar-refractivity contribution in [1.29, 1.82) is 0 Å². The van der Waals surface area contributed by atoms with Gasteiger partial charge in [-0.1, -0.05) is 67.4 Å². The fraction of sp³-hybridized carbons (Fsp3) is 0.360. The topological polar surface area (TPSA) is 68.2 Å². The SMILES string of the molecule is CCCCSc1nnc2c(n1)O[C@@H](c1ccc(C)cc1C)N(C(=O)CC)c1ccc(Cl)cc1-2. The van der Waals surface area contributed by atoms with Crippen LogP contribution in [0, 0.1) is 13.8 Å². The minimum absolute atomic E-state index is 0.0677.